The van der Waals surface area contributed by atoms with Crippen LogP contribution in [0.1, 0.15) is 67.2 Å². The maximum Gasteiger partial charge on any atom is 0.319 e. The number of aliphatic hydroxyl groups is 1. The Morgan fingerprint density at radius 2 is 1.73 bits per heavy atom. The number of halogens is 2. The molecule has 3 heterocycles. The Balaban J connectivity index is 1.94. The first kappa shape index (κ1) is 38.2. The number of aliphatic hydroxyl groups excluding tert-OH is 1. The quantitative estimate of drug-likeness (QED) is 0.327. The first-order valence-corrected chi connectivity index (χ1v) is 16.5. The average molecular weight is 648 g/mol. The smallest absolute Gasteiger partial charge is 0.319 e. The fourth-order valence-corrected chi connectivity index (χ4v) is 7.78. The van der Waals surface area contributed by atoms with E-state index < -0.39 is 47.8 Å². The summed E-state index contributed by atoms with van der Waals surface area (Å²) >= 11 is 0. The second kappa shape index (κ2) is 15.7. The van der Waals surface area contributed by atoms with Crippen LogP contribution in [0.4, 0.5) is 8.78 Å². The Morgan fingerprint density at radius 1 is 1.11 bits per heavy atom. The van der Waals surface area contributed by atoms with Gasteiger partial charge in [-0.3, -0.25) is 19.4 Å². The first-order valence-electron chi connectivity index (χ1n) is 16.5. The lowest BCUT2D eigenvalue weighted by molar-refractivity contribution is -0.295. The molecule has 0 aromatic rings. The van der Waals surface area contributed by atoms with Crippen LogP contribution in [0, 0.1) is 23.2 Å². The topological polar surface area (TPSA) is 101 Å². The molecule has 3 rings (SSSR count). The van der Waals surface area contributed by atoms with Gasteiger partial charge in [-0.25, -0.2) is 8.78 Å². The number of likely N-dealkylation sites (tertiary alicyclic amines) is 1. The molecule has 0 aromatic carbocycles. The number of alkyl halides is 2. The van der Waals surface area contributed by atoms with Gasteiger partial charge >= 0.3 is 5.97 Å². The van der Waals surface area contributed by atoms with Crippen LogP contribution in [0.5, 0.6) is 0 Å². The van der Waals surface area contributed by atoms with Crippen molar-refractivity contribution >= 4 is 11.8 Å². The van der Waals surface area contributed by atoms with E-state index in [0.717, 1.165) is 12.8 Å². The summed E-state index contributed by atoms with van der Waals surface area (Å²) in [5, 5.41) is 11.3. The summed E-state index contributed by atoms with van der Waals surface area (Å²) in [6.45, 7) is 12.5. The Morgan fingerprint density at radius 3 is 2.29 bits per heavy atom. The van der Waals surface area contributed by atoms with Gasteiger partial charge in [0.2, 0.25) is 0 Å². The predicted molar refractivity (Wildman–Crippen MR) is 167 cm³/mol. The largest absolute Gasteiger partial charge is 0.463 e. The van der Waals surface area contributed by atoms with Gasteiger partial charge in [-0.15, -0.1) is 0 Å². The molecular weight excluding hydrogens is 588 g/mol. The summed E-state index contributed by atoms with van der Waals surface area (Å²) < 4.78 is 50.8. The summed E-state index contributed by atoms with van der Waals surface area (Å²) in [5.41, 5.74) is -2.46. The van der Waals surface area contributed by atoms with Crippen LogP contribution in [0.15, 0.2) is 0 Å². The molecule has 3 aliphatic rings. The van der Waals surface area contributed by atoms with Gasteiger partial charge < -0.3 is 29.0 Å². The highest BCUT2D eigenvalue weighted by Crippen LogP contribution is 2.38. The van der Waals surface area contributed by atoms with E-state index in [1.807, 2.05) is 39.9 Å². The van der Waals surface area contributed by atoms with E-state index in [9.17, 15) is 23.5 Å². The fourth-order valence-electron chi connectivity index (χ4n) is 7.78. The summed E-state index contributed by atoms with van der Waals surface area (Å²) in [5.74, 6) is -1.55. The van der Waals surface area contributed by atoms with Crippen molar-refractivity contribution in [3.05, 3.63) is 0 Å². The third kappa shape index (κ3) is 9.21. The van der Waals surface area contributed by atoms with Crippen molar-refractivity contribution in [2.24, 2.45) is 23.2 Å². The van der Waals surface area contributed by atoms with Crippen LogP contribution in [-0.2, 0) is 28.5 Å². The first-order chi connectivity index (χ1) is 20.9. The number of esters is 1. The second-order valence-corrected chi connectivity index (χ2v) is 14.9. The zero-order valence-corrected chi connectivity index (χ0v) is 29.1. The van der Waals surface area contributed by atoms with Gasteiger partial charge in [-0.05, 0) is 99.4 Å². The van der Waals surface area contributed by atoms with Crippen molar-refractivity contribution in [2.75, 3.05) is 61.0 Å². The van der Waals surface area contributed by atoms with Crippen LogP contribution in [0.3, 0.4) is 0 Å². The summed E-state index contributed by atoms with van der Waals surface area (Å²) in [6, 6.07) is -0.336. The number of Topliss-reactive ketones (excluding diaryl/α,β-unsaturated/α-hetero) is 1. The molecule has 9 atom stereocenters. The Kier molecular flexibility index (Phi) is 13.4. The maximum atomic E-state index is 14.2. The Bertz CT molecular complexity index is 980. The molecule has 3 fully saturated rings. The van der Waals surface area contributed by atoms with Crippen molar-refractivity contribution in [1.82, 2.24) is 14.7 Å². The van der Waals surface area contributed by atoms with Crippen molar-refractivity contribution in [1.29, 1.82) is 0 Å². The molecule has 12 heteroatoms. The Hall–Kier alpha value is -1.28. The van der Waals surface area contributed by atoms with E-state index in [0.29, 0.717) is 32.5 Å². The van der Waals surface area contributed by atoms with Gasteiger partial charge in [0.25, 0.3) is 6.43 Å². The van der Waals surface area contributed by atoms with Gasteiger partial charge in [0.1, 0.15) is 18.1 Å². The zero-order valence-electron chi connectivity index (χ0n) is 29.1. The molecule has 0 aliphatic carbocycles. The van der Waals surface area contributed by atoms with E-state index in [2.05, 4.69) is 11.8 Å². The normalized spacial score (nSPS) is 38.9. The predicted octanol–water partition coefficient (Wildman–Crippen LogP) is 3.29. The van der Waals surface area contributed by atoms with Crippen LogP contribution >= 0.6 is 0 Å². The fraction of sp³-hybridized carbons (Fsp3) is 0.939. The van der Waals surface area contributed by atoms with Crippen LogP contribution < -0.4 is 0 Å². The molecule has 0 aromatic heterocycles. The van der Waals surface area contributed by atoms with E-state index in [1.54, 1.807) is 32.8 Å². The minimum absolute atomic E-state index is 0.0740. The van der Waals surface area contributed by atoms with Crippen LogP contribution in [0.25, 0.3) is 0 Å². The molecule has 10 nitrogen and oxygen atoms in total. The average Bonchev–Trinajstić information content (AvgIpc) is 2.96. The summed E-state index contributed by atoms with van der Waals surface area (Å²) in [6.07, 6.45) is -2.77. The number of cyclic esters (lactones) is 1. The van der Waals surface area contributed by atoms with Gasteiger partial charge in [-0.2, -0.15) is 0 Å². The molecule has 3 aliphatic heterocycles. The third-order valence-corrected chi connectivity index (χ3v) is 10.5. The number of carbonyl (C=O) groups excluding carboxylic acids is 2. The number of likely N-dealkylation sites (N-methyl/N-ethyl adjacent to an activating group) is 2. The monoisotopic (exact) mass is 647 g/mol. The summed E-state index contributed by atoms with van der Waals surface area (Å²) in [7, 11) is 7.41. The number of nitrogens with zero attached hydrogens (tertiary/aromatic N) is 3. The highest BCUT2D eigenvalue weighted by molar-refractivity contribution is 6.04. The SMILES string of the molecule is CO[C@]1(C)C[C@@H](C)CN(C)C(C2CCN(CC(F)F)CC2)COC(=O)C(C)(C)C(=O)[C@H](C)[C@H]1O[C@@H]1O[C@H](C)C[C@H](N(C)C)[C@H]1O. The highest BCUT2D eigenvalue weighted by atomic mass is 19.3. The molecular formula is C33H59F2N3O7. The van der Waals surface area contributed by atoms with Crippen LogP contribution in [0.2, 0.25) is 0 Å². The molecule has 0 amide bonds. The summed E-state index contributed by atoms with van der Waals surface area (Å²) in [4.78, 5) is 33.7. The Labute approximate surface area is 269 Å². The minimum atomic E-state index is -2.37. The van der Waals surface area contributed by atoms with E-state index in [-0.39, 0.29) is 49.0 Å². The van der Waals surface area contributed by atoms with Crippen molar-refractivity contribution in [3.63, 3.8) is 0 Å². The van der Waals surface area contributed by atoms with Crippen molar-refractivity contribution < 1.29 is 42.4 Å². The van der Waals surface area contributed by atoms with Gasteiger partial charge in [0.15, 0.2) is 12.1 Å². The number of rotatable bonds is 7. The molecule has 45 heavy (non-hydrogen) atoms. The van der Waals surface area contributed by atoms with Crippen molar-refractivity contribution in [3.8, 4) is 0 Å². The minimum Gasteiger partial charge on any atom is -0.463 e. The maximum absolute atomic E-state index is 14.2. The number of ketones is 1. The molecule has 0 radical (unpaired) electrons. The number of ether oxygens (including phenoxy) is 4. The molecule has 3 saturated heterocycles. The highest BCUT2D eigenvalue weighted by Gasteiger charge is 2.51. The number of methoxy groups -OCH3 is 1. The molecule has 262 valence electrons. The molecule has 0 bridgehead atoms. The van der Waals surface area contributed by atoms with Crippen molar-refractivity contribution in [2.45, 2.75) is 116 Å². The zero-order chi connectivity index (χ0) is 33.9. The molecule has 1 unspecified atom stereocenters. The number of hydrogen-bond donors (Lipinski definition) is 1. The lowest BCUT2D eigenvalue weighted by Gasteiger charge is -2.47. The standard InChI is InChI=1S/C33H59F2N3O7/c1-20-16-33(6,42-10)29(45-30-27(39)24(36(7)8)15-21(2)44-30)22(3)28(40)32(4,5)31(41)43-19-25(37(9)17-20)23-11-13-38(14-12-23)18-26(34)35/h20-27,29-30,39H,11-19H2,1-10H3/t20-,21-,22+,24+,25?,27-,29-,30+,33-/m1/s1. The number of piperidine rings is 1. The third-order valence-electron chi connectivity index (χ3n) is 10.5. The second-order valence-electron chi connectivity index (χ2n) is 14.9. The van der Waals surface area contributed by atoms with Gasteiger partial charge in [0.05, 0.1) is 24.4 Å². The van der Waals surface area contributed by atoms with E-state index >= 15 is 0 Å². The van der Waals surface area contributed by atoms with E-state index in [1.165, 1.54) is 0 Å². The van der Waals surface area contributed by atoms with E-state index in [4.69, 9.17) is 18.9 Å². The molecule has 0 saturated carbocycles. The molecule has 1 N–H and O–H groups in total. The number of hydrogen-bond acceptors (Lipinski definition) is 10. The van der Waals surface area contributed by atoms with Crippen LogP contribution in [-0.4, -0.2) is 141 Å². The lowest BCUT2D eigenvalue weighted by Crippen LogP contribution is -2.59. The van der Waals surface area contributed by atoms with Gasteiger partial charge in [-0.1, -0.05) is 13.8 Å². The number of carbonyl (C=O) groups is 2. The molecule has 0 spiro atoms. The lowest BCUT2D eigenvalue weighted by atomic mass is 9.74. The van der Waals surface area contributed by atoms with Gasteiger partial charge in [0, 0.05) is 31.7 Å².